The second kappa shape index (κ2) is 5.87. The minimum atomic E-state index is -0.950. The van der Waals surface area contributed by atoms with Crippen molar-refractivity contribution in [2.24, 2.45) is 5.92 Å². The van der Waals surface area contributed by atoms with E-state index in [-0.39, 0.29) is 12.3 Å². The van der Waals surface area contributed by atoms with Crippen LogP contribution in [0.15, 0.2) is 34.9 Å². The van der Waals surface area contributed by atoms with Crippen LogP contribution >= 0.6 is 0 Å². The van der Waals surface area contributed by atoms with E-state index < -0.39 is 17.9 Å². The van der Waals surface area contributed by atoms with Crippen LogP contribution in [0.3, 0.4) is 0 Å². The lowest BCUT2D eigenvalue weighted by Gasteiger charge is -2.27. The summed E-state index contributed by atoms with van der Waals surface area (Å²) in [5.41, 5.74) is 2.39. The summed E-state index contributed by atoms with van der Waals surface area (Å²) in [6.07, 6.45) is 0.0122. The lowest BCUT2D eigenvalue weighted by Crippen LogP contribution is -2.30. The van der Waals surface area contributed by atoms with Crippen molar-refractivity contribution >= 4 is 11.9 Å². The summed E-state index contributed by atoms with van der Waals surface area (Å²) in [5, 5.41) is 13.4. The van der Waals surface area contributed by atoms with Crippen LogP contribution in [0.4, 0.5) is 0 Å². The Morgan fingerprint density at radius 3 is 2.61 bits per heavy atom. The molecule has 1 aliphatic rings. The smallest absolute Gasteiger partial charge is 0.309 e. The van der Waals surface area contributed by atoms with Crippen LogP contribution in [0, 0.1) is 19.8 Å². The zero-order valence-corrected chi connectivity index (χ0v) is 13.0. The molecule has 6 heteroatoms. The number of carboxylic acids is 1. The first-order chi connectivity index (χ1) is 11.0. The third kappa shape index (κ3) is 2.72. The van der Waals surface area contributed by atoms with Gasteiger partial charge < -0.3 is 14.5 Å². The van der Waals surface area contributed by atoms with Gasteiger partial charge in [-0.15, -0.1) is 0 Å². The topological polar surface area (TPSA) is 83.6 Å². The molecule has 2 aromatic rings. The summed E-state index contributed by atoms with van der Waals surface area (Å²) in [6, 6.07) is 8.82. The summed E-state index contributed by atoms with van der Waals surface area (Å²) in [5.74, 6) is -1.20. The van der Waals surface area contributed by atoms with E-state index in [2.05, 4.69) is 5.16 Å². The highest BCUT2D eigenvalue weighted by Gasteiger charge is 2.44. The van der Waals surface area contributed by atoms with Gasteiger partial charge >= 0.3 is 5.97 Å². The summed E-state index contributed by atoms with van der Waals surface area (Å²) in [4.78, 5) is 25.7. The van der Waals surface area contributed by atoms with Crippen LogP contribution in [-0.2, 0) is 16.1 Å². The molecule has 1 aliphatic heterocycles. The van der Waals surface area contributed by atoms with Gasteiger partial charge in [0.25, 0.3) is 0 Å². The molecule has 0 aliphatic carbocycles. The highest BCUT2D eigenvalue weighted by atomic mass is 16.5. The van der Waals surface area contributed by atoms with Gasteiger partial charge in [-0.05, 0) is 19.4 Å². The average Bonchev–Trinajstić information content (AvgIpc) is 3.03. The quantitative estimate of drug-likeness (QED) is 0.937. The SMILES string of the molecule is Cc1noc(C)c1CN1C(=O)CC(C(=O)O)C1c1ccccc1. The lowest BCUT2D eigenvalue weighted by atomic mass is 9.93. The number of benzene rings is 1. The third-order valence-electron chi connectivity index (χ3n) is 4.40. The zero-order valence-electron chi connectivity index (χ0n) is 13.0. The van der Waals surface area contributed by atoms with Crippen molar-refractivity contribution in [3.05, 3.63) is 52.9 Å². The number of aromatic nitrogens is 1. The standard InChI is InChI=1S/C17H18N2O4/c1-10-14(11(2)23-18-10)9-19-15(20)8-13(17(21)22)16(19)12-6-4-3-5-7-12/h3-7,13,16H,8-9H2,1-2H3,(H,21,22). The Labute approximate surface area is 133 Å². The fourth-order valence-electron chi connectivity index (χ4n) is 3.16. The molecule has 2 unspecified atom stereocenters. The minimum absolute atomic E-state index is 0.0122. The first-order valence-electron chi connectivity index (χ1n) is 7.48. The maximum atomic E-state index is 12.4. The van der Waals surface area contributed by atoms with Gasteiger partial charge in [-0.1, -0.05) is 35.5 Å². The summed E-state index contributed by atoms with van der Waals surface area (Å²) in [7, 11) is 0. The molecule has 0 radical (unpaired) electrons. The Balaban J connectivity index is 1.99. The highest BCUT2D eigenvalue weighted by Crippen LogP contribution is 2.39. The van der Waals surface area contributed by atoms with Crippen LogP contribution < -0.4 is 0 Å². The molecule has 1 amide bonds. The van der Waals surface area contributed by atoms with Gasteiger partial charge in [0.15, 0.2) is 0 Å². The Bertz CT molecular complexity index is 719. The van der Waals surface area contributed by atoms with Crippen molar-refractivity contribution in [2.75, 3.05) is 0 Å². The number of hydrogen-bond donors (Lipinski definition) is 1. The van der Waals surface area contributed by atoms with E-state index in [1.165, 1.54) is 0 Å². The maximum absolute atomic E-state index is 12.4. The number of carbonyl (C=O) groups is 2. The van der Waals surface area contributed by atoms with E-state index in [1.54, 1.807) is 11.8 Å². The van der Waals surface area contributed by atoms with Gasteiger partial charge in [0.2, 0.25) is 5.91 Å². The van der Waals surface area contributed by atoms with Crippen molar-refractivity contribution < 1.29 is 19.2 Å². The van der Waals surface area contributed by atoms with Crippen molar-refractivity contribution in [1.29, 1.82) is 0 Å². The molecule has 1 aromatic carbocycles. The average molecular weight is 314 g/mol. The number of nitrogens with zero attached hydrogens (tertiary/aromatic N) is 2. The van der Waals surface area contributed by atoms with Crippen LogP contribution in [0.5, 0.6) is 0 Å². The summed E-state index contributed by atoms with van der Waals surface area (Å²) in [6.45, 7) is 3.92. The number of amides is 1. The number of aryl methyl sites for hydroxylation is 2. The molecule has 23 heavy (non-hydrogen) atoms. The van der Waals surface area contributed by atoms with Gasteiger partial charge in [-0.3, -0.25) is 9.59 Å². The zero-order chi connectivity index (χ0) is 16.6. The van der Waals surface area contributed by atoms with E-state index in [0.717, 1.165) is 16.8 Å². The molecule has 1 saturated heterocycles. The van der Waals surface area contributed by atoms with Crippen LogP contribution in [0.1, 0.15) is 35.0 Å². The Kier molecular flexibility index (Phi) is 3.90. The molecule has 1 N–H and O–H groups in total. The molecule has 3 rings (SSSR count). The van der Waals surface area contributed by atoms with Gasteiger partial charge in [0, 0.05) is 12.0 Å². The number of aliphatic carboxylic acids is 1. The molecular weight excluding hydrogens is 296 g/mol. The molecular formula is C17H18N2O4. The Hall–Kier alpha value is -2.63. The van der Waals surface area contributed by atoms with Crippen molar-refractivity contribution in [1.82, 2.24) is 10.1 Å². The predicted octanol–water partition coefficient (Wildman–Crippen LogP) is 2.47. The number of likely N-dealkylation sites (tertiary alicyclic amines) is 1. The molecule has 0 spiro atoms. The lowest BCUT2D eigenvalue weighted by molar-refractivity contribution is -0.142. The van der Waals surface area contributed by atoms with Gasteiger partial charge in [0.1, 0.15) is 5.76 Å². The minimum Gasteiger partial charge on any atom is -0.481 e. The molecule has 1 fully saturated rings. The number of carbonyl (C=O) groups excluding carboxylic acids is 1. The van der Waals surface area contributed by atoms with E-state index in [9.17, 15) is 14.7 Å². The monoisotopic (exact) mass is 314 g/mol. The van der Waals surface area contributed by atoms with E-state index in [1.807, 2.05) is 37.3 Å². The summed E-state index contributed by atoms with van der Waals surface area (Å²) < 4.78 is 5.15. The van der Waals surface area contributed by atoms with Crippen LogP contribution in [-0.4, -0.2) is 27.0 Å². The van der Waals surface area contributed by atoms with Crippen molar-refractivity contribution in [3.8, 4) is 0 Å². The first kappa shape index (κ1) is 15.3. The molecule has 6 nitrogen and oxygen atoms in total. The maximum Gasteiger partial charge on any atom is 0.309 e. The predicted molar refractivity (Wildman–Crippen MR) is 81.5 cm³/mol. The normalized spacial score (nSPS) is 21.0. The van der Waals surface area contributed by atoms with Crippen LogP contribution in [0.2, 0.25) is 0 Å². The molecule has 2 heterocycles. The second-order valence-electron chi connectivity index (χ2n) is 5.83. The van der Waals surface area contributed by atoms with Gasteiger partial charge in [-0.25, -0.2) is 0 Å². The number of rotatable bonds is 4. The Morgan fingerprint density at radius 1 is 1.35 bits per heavy atom. The van der Waals surface area contributed by atoms with E-state index in [4.69, 9.17) is 4.52 Å². The number of hydrogen-bond acceptors (Lipinski definition) is 4. The summed E-state index contributed by atoms with van der Waals surface area (Å²) >= 11 is 0. The van der Waals surface area contributed by atoms with Gasteiger partial charge in [0.05, 0.1) is 24.2 Å². The largest absolute Gasteiger partial charge is 0.481 e. The fourth-order valence-corrected chi connectivity index (χ4v) is 3.16. The molecule has 0 bridgehead atoms. The second-order valence-corrected chi connectivity index (χ2v) is 5.83. The third-order valence-corrected chi connectivity index (χ3v) is 4.40. The molecule has 2 atom stereocenters. The van der Waals surface area contributed by atoms with Crippen molar-refractivity contribution in [2.45, 2.75) is 32.9 Å². The first-order valence-corrected chi connectivity index (χ1v) is 7.48. The van der Waals surface area contributed by atoms with E-state index >= 15 is 0 Å². The molecule has 0 saturated carbocycles. The fraction of sp³-hybridized carbons (Fsp3) is 0.353. The van der Waals surface area contributed by atoms with Gasteiger partial charge in [-0.2, -0.15) is 0 Å². The highest BCUT2D eigenvalue weighted by molar-refractivity contribution is 5.87. The number of carboxylic acid groups (broad SMARTS) is 1. The Morgan fingerprint density at radius 2 is 2.04 bits per heavy atom. The van der Waals surface area contributed by atoms with E-state index in [0.29, 0.717) is 12.3 Å². The molecule has 1 aromatic heterocycles. The van der Waals surface area contributed by atoms with Crippen LogP contribution in [0.25, 0.3) is 0 Å². The van der Waals surface area contributed by atoms with Crippen molar-refractivity contribution in [3.63, 3.8) is 0 Å². The molecule has 120 valence electrons.